The van der Waals surface area contributed by atoms with Crippen molar-refractivity contribution in [2.75, 3.05) is 18.5 Å². The van der Waals surface area contributed by atoms with Crippen molar-refractivity contribution < 1.29 is 18.7 Å². The number of nitrogens with zero attached hydrogens (tertiary/aromatic N) is 2. The Morgan fingerprint density at radius 3 is 2.64 bits per heavy atom. The Bertz CT molecular complexity index is 1320. The molecule has 0 radical (unpaired) electrons. The maximum atomic E-state index is 13.3. The number of fused-ring (bicyclic) bond motifs is 1. The van der Waals surface area contributed by atoms with Crippen LogP contribution in [0.1, 0.15) is 11.1 Å². The zero-order chi connectivity index (χ0) is 23.4. The lowest BCUT2D eigenvalue weighted by Gasteiger charge is -2.11. The van der Waals surface area contributed by atoms with Crippen LogP contribution in [-0.4, -0.2) is 34.9 Å². The van der Waals surface area contributed by atoms with E-state index in [2.05, 4.69) is 20.6 Å². The highest BCUT2D eigenvalue weighted by atomic mass is 32.1. The molecule has 2 aromatic carbocycles. The van der Waals surface area contributed by atoms with Crippen LogP contribution in [0.2, 0.25) is 0 Å². The van der Waals surface area contributed by atoms with Gasteiger partial charge in [-0.1, -0.05) is 24.3 Å². The minimum Gasteiger partial charge on any atom is -0.467 e. The van der Waals surface area contributed by atoms with Crippen molar-refractivity contribution in [3.63, 3.8) is 0 Å². The number of aromatic nitrogens is 2. The molecule has 2 N–H and O–H groups in total. The molecule has 0 saturated heterocycles. The van der Waals surface area contributed by atoms with Crippen LogP contribution in [0.3, 0.4) is 0 Å². The maximum Gasteiger partial charge on any atom is 0.258 e. The zero-order valence-corrected chi connectivity index (χ0v) is 18.8. The zero-order valence-electron chi connectivity index (χ0n) is 18.0. The number of aryl methyl sites for hydroxylation is 1. The molecule has 0 atom stereocenters. The number of ether oxygens (including phenoxy) is 1. The number of hydrogen-bond acceptors (Lipinski definition) is 6. The van der Waals surface area contributed by atoms with Gasteiger partial charge in [-0.05, 0) is 48.7 Å². The average Bonchev–Trinajstić information content (AvgIpc) is 3.25. The van der Waals surface area contributed by atoms with E-state index in [-0.39, 0.29) is 30.8 Å². The molecule has 4 aromatic rings. The normalized spacial score (nSPS) is 10.8. The SMILES string of the molecule is Cc1cccc(NC(=O)CNC(=O)COc2ncnc3scc(-c4ccc(F)cc4)c23)c1C. The van der Waals surface area contributed by atoms with E-state index >= 15 is 0 Å². The molecular weight excluding hydrogens is 443 g/mol. The number of halogens is 1. The summed E-state index contributed by atoms with van der Waals surface area (Å²) in [6.45, 7) is 3.38. The summed E-state index contributed by atoms with van der Waals surface area (Å²) < 4.78 is 18.9. The summed E-state index contributed by atoms with van der Waals surface area (Å²) in [6, 6.07) is 11.7. The first-order valence-electron chi connectivity index (χ1n) is 10.2. The summed E-state index contributed by atoms with van der Waals surface area (Å²) in [6.07, 6.45) is 1.36. The van der Waals surface area contributed by atoms with Gasteiger partial charge in [0.1, 0.15) is 17.0 Å². The fraction of sp³-hybridized carbons (Fsp3) is 0.167. The van der Waals surface area contributed by atoms with Crippen LogP contribution in [0.15, 0.2) is 54.2 Å². The Balaban J connectivity index is 1.39. The summed E-state index contributed by atoms with van der Waals surface area (Å²) >= 11 is 1.40. The molecule has 0 saturated carbocycles. The van der Waals surface area contributed by atoms with Crippen molar-refractivity contribution in [2.45, 2.75) is 13.8 Å². The van der Waals surface area contributed by atoms with Crippen molar-refractivity contribution in [2.24, 2.45) is 0 Å². The van der Waals surface area contributed by atoms with Crippen LogP contribution in [0.4, 0.5) is 10.1 Å². The molecule has 2 heterocycles. The molecule has 0 aliphatic carbocycles. The number of hydrogen-bond donors (Lipinski definition) is 2. The lowest BCUT2D eigenvalue weighted by molar-refractivity contribution is -0.125. The predicted molar refractivity (Wildman–Crippen MR) is 126 cm³/mol. The van der Waals surface area contributed by atoms with Gasteiger partial charge in [-0.25, -0.2) is 14.4 Å². The van der Waals surface area contributed by atoms with Crippen molar-refractivity contribution in [3.8, 4) is 17.0 Å². The van der Waals surface area contributed by atoms with Gasteiger partial charge in [-0.15, -0.1) is 11.3 Å². The Hall–Kier alpha value is -3.85. The highest BCUT2D eigenvalue weighted by molar-refractivity contribution is 7.17. The molecule has 2 amide bonds. The van der Waals surface area contributed by atoms with Crippen LogP contribution in [0, 0.1) is 19.7 Å². The minimum atomic E-state index is -0.462. The Morgan fingerprint density at radius 2 is 1.85 bits per heavy atom. The molecule has 0 aliphatic heterocycles. The van der Waals surface area contributed by atoms with Gasteiger partial charge >= 0.3 is 0 Å². The third-order valence-electron chi connectivity index (χ3n) is 5.16. The van der Waals surface area contributed by atoms with Gasteiger partial charge in [-0.2, -0.15) is 0 Å². The van der Waals surface area contributed by atoms with Gasteiger partial charge in [0.2, 0.25) is 11.8 Å². The van der Waals surface area contributed by atoms with Crippen LogP contribution in [0.25, 0.3) is 21.3 Å². The van der Waals surface area contributed by atoms with E-state index in [0.717, 1.165) is 22.3 Å². The smallest absolute Gasteiger partial charge is 0.258 e. The third-order valence-corrected chi connectivity index (χ3v) is 6.04. The van der Waals surface area contributed by atoms with E-state index in [4.69, 9.17) is 4.74 Å². The van der Waals surface area contributed by atoms with Gasteiger partial charge in [-0.3, -0.25) is 9.59 Å². The second kappa shape index (κ2) is 9.74. The number of carbonyl (C=O) groups excluding carboxylic acids is 2. The van der Waals surface area contributed by atoms with Crippen LogP contribution in [-0.2, 0) is 9.59 Å². The highest BCUT2D eigenvalue weighted by Gasteiger charge is 2.16. The van der Waals surface area contributed by atoms with Gasteiger partial charge < -0.3 is 15.4 Å². The third kappa shape index (κ3) is 5.15. The van der Waals surface area contributed by atoms with E-state index in [9.17, 15) is 14.0 Å². The minimum absolute atomic E-state index is 0.186. The number of anilines is 1. The quantitative estimate of drug-likeness (QED) is 0.427. The molecule has 7 nitrogen and oxygen atoms in total. The van der Waals surface area contributed by atoms with E-state index in [0.29, 0.717) is 15.9 Å². The summed E-state index contributed by atoms with van der Waals surface area (Å²) in [5.74, 6) is -0.880. The summed E-state index contributed by atoms with van der Waals surface area (Å²) in [7, 11) is 0. The molecule has 0 bridgehead atoms. The van der Waals surface area contributed by atoms with E-state index < -0.39 is 5.91 Å². The lowest BCUT2D eigenvalue weighted by Crippen LogP contribution is -2.36. The molecule has 4 rings (SSSR count). The standard InChI is InChI=1S/C24H21FN4O3S/c1-14-4-3-5-19(15(14)2)29-20(30)10-26-21(31)11-32-23-22-18(12-33-24(22)28-13-27-23)16-6-8-17(25)9-7-16/h3-9,12-13H,10-11H2,1-2H3,(H,26,31)(H,29,30). The number of benzene rings is 2. The van der Waals surface area contributed by atoms with Crippen molar-refractivity contribution >= 4 is 39.1 Å². The predicted octanol–water partition coefficient (Wildman–Crippen LogP) is 4.25. The van der Waals surface area contributed by atoms with Crippen LogP contribution < -0.4 is 15.4 Å². The van der Waals surface area contributed by atoms with E-state index in [1.165, 1.54) is 29.8 Å². The van der Waals surface area contributed by atoms with E-state index in [1.54, 1.807) is 12.1 Å². The van der Waals surface area contributed by atoms with Gasteiger partial charge in [0, 0.05) is 16.6 Å². The number of nitrogens with one attached hydrogen (secondary N) is 2. The fourth-order valence-corrected chi connectivity index (χ4v) is 4.15. The maximum absolute atomic E-state index is 13.3. The first kappa shape index (κ1) is 22.3. The molecule has 168 valence electrons. The monoisotopic (exact) mass is 464 g/mol. The van der Waals surface area contributed by atoms with E-state index in [1.807, 2.05) is 37.4 Å². The van der Waals surface area contributed by atoms with Crippen LogP contribution >= 0.6 is 11.3 Å². The molecule has 9 heteroatoms. The van der Waals surface area contributed by atoms with Gasteiger partial charge in [0.25, 0.3) is 5.91 Å². The van der Waals surface area contributed by atoms with Gasteiger partial charge in [0.05, 0.1) is 11.9 Å². The average molecular weight is 465 g/mol. The molecule has 0 aliphatic rings. The van der Waals surface area contributed by atoms with Crippen molar-refractivity contribution in [1.29, 1.82) is 0 Å². The summed E-state index contributed by atoms with van der Waals surface area (Å²) in [4.78, 5) is 33.6. The summed E-state index contributed by atoms with van der Waals surface area (Å²) in [5.41, 5.74) is 4.32. The molecule has 0 unspecified atom stereocenters. The highest BCUT2D eigenvalue weighted by Crippen LogP contribution is 2.37. The topological polar surface area (TPSA) is 93.2 Å². The molecule has 2 aromatic heterocycles. The Labute approximate surface area is 193 Å². The van der Waals surface area contributed by atoms with Crippen molar-refractivity contribution in [3.05, 3.63) is 71.1 Å². The fourth-order valence-electron chi connectivity index (χ4n) is 3.24. The molecule has 0 spiro atoms. The van der Waals surface area contributed by atoms with Crippen LogP contribution in [0.5, 0.6) is 5.88 Å². The molecular formula is C24H21FN4O3S. The Kier molecular flexibility index (Phi) is 6.60. The first-order valence-corrected chi connectivity index (χ1v) is 11.0. The lowest BCUT2D eigenvalue weighted by atomic mass is 10.1. The second-order valence-corrected chi connectivity index (χ2v) is 8.23. The molecule has 33 heavy (non-hydrogen) atoms. The number of rotatable bonds is 7. The second-order valence-electron chi connectivity index (χ2n) is 7.38. The Morgan fingerprint density at radius 1 is 1.06 bits per heavy atom. The number of carbonyl (C=O) groups is 2. The first-order chi connectivity index (χ1) is 15.9. The van der Waals surface area contributed by atoms with Gasteiger partial charge in [0.15, 0.2) is 6.61 Å². The van der Waals surface area contributed by atoms with Crippen molar-refractivity contribution in [1.82, 2.24) is 15.3 Å². The largest absolute Gasteiger partial charge is 0.467 e. The number of amides is 2. The summed E-state index contributed by atoms with van der Waals surface area (Å²) in [5, 5.41) is 7.87. The number of thiophene rings is 1. The molecule has 0 fully saturated rings.